The van der Waals surface area contributed by atoms with Crippen LogP contribution in [0.2, 0.25) is 0 Å². The molecule has 1 atom stereocenters. The first-order valence-corrected chi connectivity index (χ1v) is 6.71. The molecule has 1 aromatic carbocycles. The van der Waals surface area contributed by atoms with Gasteiger partial charge in [0.2, 0.25) is 0 Å². The van der Waals surface area contributed by atoms with Gasteiger partial charge in [0.25, 0.3) is 0 Å². The minimum absolute atomic E-state index is 0.126. The minimum atomic E-state index is -0.126. The second-order valence-electron chi connectivity index (χ2n) is 3.83. The average molecular weight is 360 g/mol. The van der Waals surface area contributed by atoms with E-state index in [1.165, 1.54) is 5.56 Å². The summed E-state index contributed by atoms with van der Waals surface area (Å²) in [5.41, 5.74) is 8.26. The Kier molecular flexibility index (Phi) is 3.96. The van der Waals surface area contributed by atoms with Crippen LogP contribution in [-0.2, 0) is 13.5 Å². The highest BCUT2D eigenvalue weighted by Gasteiger charge is 2.16. The molecular weight excluding hydrogens is 348 g/mol. The molecule has 4 nitrogen and oxygen atoms in total. The fraction of sp³-hybridized carbons (Fsp3) is 0.273. The maximum Gasteiger partial charge on any atom is 0.153 e. The van der Waals surface area contributed by atoms with Crippen molar-refractivity contribution in [2.24, 2.45) is 12.8 Å². The topological polar surface area (TPSA) is 56.7 Å². The zero-order valence-electron chi connectivity index (χ0n) is 9.27. The Morgan fingerprint density at radius 2 is 2.18 bits per heavy atom. The van der Waals surface area contributed by atoms with Gasteiger partial charge in [-0.3, -0.25) is 0 Å². The predicted octanol–water partition coefficient (Wildman–Crippen LogP) is 2.58. The Morgan fingerprint density at radius 1 is 1.41 bits per heavy atom. The van der Waals surface area contributed by atoms with Crippen LogP contribution >= 0.6 is 31.9 Å². The van der Waals surface area contributed by atoms with Crippen LogP contribution in [0.25, 0.3) is 0 Å². The molecule has 0 amide bonds. The van der Waals surface area contributed by atoms with Gasteiger partial charge in [-0.25, -0.2) is 4.68 Å². The highest BCUT2D eigenvalue weighted by atomic mass is 79.9. The molecule has 2 N–H and O–H groups in total. The van der Waals surface area contributed by atoms with Crippen LogP contribution < -0.4 is 5.73 Å². The fourth-order valence-corrected chi connectivity index (χ4v) is 2.82. The molecule has 2 aromatic rings. The van der Waals surface area contributed by atoms with Crippen LogP contribution in [0.5, 0.6) is 0 Å². The van der Waals surface area contributed by atoms with Crippen molar-refractivity contribution < 1.29 is 0 Å². The molecule has 1 heterocycles. The van der Waals surface area contributed by atoms with E-state index in [9.17, 15) is 0 Å². The van der Waals surface area contributed by atoms with Crippen molar-refractivity contribution in [3.63, 3.8) is 0 Å². The molecule has 0 aliphatic heterocycles. The van der Waals surface area contributed by atoms with Gasteiger partial charge in [-0.2, -0.15) is 0 Å². The molecule has 2 rings (SSSR count). The summed E-state index contributed by atoms with van der Waals surface area (Å²) < 4.78 is 3.47. The number of rotatable bonds is 3. The summed E-state index contributed by atoms with van der Waals surface area (Å²) in [4.78, 5) is 0. The molecule has 0 spiro atoms. The number of hydrogen-bond acceptors (Lipinski definition) is 3. The van der Waals surface area contributed by atoms with Gasteiger partial charge < -0.3 is 5.73 Å². The standard InChI is InChI=1S/C11H12Br2N4/c1-17-10(11(13)15-16-17)9(14)6-7-3-2-4-8(12)5-7/h2-5,9H,6,14H2,1H3. The molecule has 0 saturated heterocycles. The van der Waals surface area contributed by atoms with Crippen molar-refractivity contribution in [1.82, 2.24) is 15.0 Å². The van der Waals surface area contributed by atoms with Crippen LogP contribution in [0.3, 0.4) is 0 Å². The van der Waals surface area contributed by atoms with Gasteiger partial charge in [-0.1, -0.05) is 33.3 Å². The Bertz CT molecular complexity index is 504. The first-order chi connectivity index (χ1) is 8.08. The fourth-order valence-electron chi connectivity index (χ4n) is 1.75. The van der Waals surface area contributed by atoms with E-state index < -0.39 is 0 Å². The maximum absolute atomic E-state index is 6.18. The van der Waals surface area contributed by atoms with E-state index in [2.05, 4.69) is 54.3 Å². The van der Waals surface area contributed by atoms with E-state index in [4.69, 9.17) is 5.73 Å². The molecule has 0 aliphatic carbocycles. The van der Waals surface area contributed by atoms with Crippen molar-refractivity contribution >= 4 is 31.9 Å². The predicted molar refractivity (Wildman–Crippen MR) is 73.5 cm³/mol. The zero-order valence-corrected chi connectivity index (χ0v) is 12.4. The number of aryl methyl sites for hydroxylation is 1. The number of aromatic nitrogens is 3. The summed E-state index contributed by atoms with van der Waals surface area (Å²) in [6.07, 6.45) is 0.749. The van der Waals surface area contributed by atoms with Crippen molar-refractivity contribution in [3.05, 3.63) is 44.6 Å². The van der Waals surface area contributed by atoms with Crippen LogP contribution in [-0.4, -0.2) is 15.0 Å². The van der Waals surface area contributed by atoms with Crippen molar-refractivity contribution in [2.45, 2.75) is 12.5 Å². The molecule has 1 aromatic heterocycles. The summed E-state index contributed by atoms with van der Waals surface area (Å²) in [6, 6.07) is 8.00. The van der Waals surface area contributed by atoms with E-state index in [1.54, 1.807) is 4.68 Å². The van der Waals surface area contributed by atoms with E-state index in [0.29, 0.717) is 4.60 Å². The second kappa shape index (κ2) is 5.29. The molecule has 90 valence electrons. The van der Waals surface area contributed by atoms with Crippen LogP contribution in [0.15, 0.2) is 33.3 Å². The number of hydrogen-bond donors (Lipinski definition) is 1. The summed E-state index contributed by atoms with van der Waals surface area (Å²) in [5, 5.41) is 7.86. The molecule has 1 unspecified atom stereocenters. The first kappa shape index (κ1) is 12.7. The molecule has 0 aliphatic rings. The molecular formula is C11H12Br2N4. The Morgan fingerprint density at radius 3 is 2.76 bits per heavy atom. The monoisotopic (exact) mass is 358 g/mol. The number of nitrogens with two attached hydrogens (primary N) is 1. The number of halogens is 2. The SMILES string of the molecule is Cn1nnc(Br)c1C(N)Cc1cccc(Br)c1. The third kappa shape index (κ3) is 2.94. The molecule has 0 radical (unpaired) electrons. The van der Waals surface area contributed by atoms with Crippen LogP contribution in [0.1, 0.15) is 17.3 Å². The van der Waals surface area contributed by atoms with Gasteiger partial charge in [0.1, 0.15) is 0 Å². The number of benzene rings is 1. The molecule has 17 heavy (non-hydrogen) atoms. The highest BCUT2D eigenvalue weighted by molar-refractivity contribution is 9.10. The van der Waals surface area contributed by atoms with Crippen molar-refractivity contribution in [1.29, 1.82) is 0 Å². The van der Waals surface area contributed by atoms with Gasteiger partial charge in [0.05, 0.1) is 11.7 Å². The molecule has 6 heteroatoms. The summed E-state index contributed by atoms with van der Waals surface area (Å²) in [6.45, 7) is 0. The van der Waals surface area contributed by atoms with Crippen LogP contribution in [0, 0.1) is 0 Å². The van der Waals surface area contributed by atoms with Crippen molar-refractivity contribution in [3.8, 4) is 0 Å². The van der Waals surface area contributed by atoms with Gasteiger partial charge in [0.15, 0.2) is 4.60 Å². The van der Waals surface area contributed by atoms with Gasteiger partial charge in [0, 0.05) is 11.5 Å². The van der Waals surface area contributed by atoms with Gasteiger partial charge >= 0.3 is 0 Å². The van der Waals surface area contributed by atoms with Crippen molar-refractivity contribution in [2.75, 3.05) is 0 Å². The van der Waals surface area contributed by atoms with Crippen LogP contribution in [0.4, 0.5) is 0 Å². The molecule has 0 bridgehead atoms. The van der Waals surface area contributed by atoms with E-state index in [0.717, 1.165) is 16.6 Å². The smallest absolute Gasteiger partial charge is 0.153 e. The molecule has 0 fully saturated rings. The Hall–Kier alpha value is -0.720. The lowest BCUT2D eigenvalue weighted by molar-refractivity contribution is 0.606. The summed E-state index contributed by atoms with van der Waals surface area (Å²) >= 11 is 6.81. The second-order valence-corrected chi connectivity index (χ2v) is 5.50. The number of nitrogens with zero attached hydrogens (tertiary/aromatic N) is 3. The normalized spacial score (nSPS) is 12.7. The third-order valence-electron chi connectivity index (χ3n) is 2.52. The Labute approximate surface area is 116 Å². The lowest BCUT2D eigenvalue weighted by Crippen LogP contribution is -2.17. The lowest BCUT2D eigenvalue weighted by Gasteiger charge is -2.12. The Balaban J connectivity index is 2.20. The summed E-state index contributed by atoms with van der Waals surface area (Å²) in [5.74, 6) is 0. The van der Waals surface area contributed by atoms with E-state index in [1.807, 2.05) is 19.2 Å². The van der Waals surface area contributed by atoms with E-state index >= 15 is 0 Å². The van der Waals surface area contributed by atoms with E-state index in [-0.39, 0.29) is 6.04 Å². The minimum Gasteiger partial charge on any atom is -0.322 e. The summed E-state index contributed by atoms with van der Waals surface area (Å²) in [7, 11) is 1.84. The quantitative estimate of drug-likeness (QED) is 0.916. The third-order valence-corrected chi connectivity index (χ3v) is 3.58. The first-order valence-electron chi connectivity index (χ1n) is 5.13. The largest absolute Gasteiger partial charge is 0.322 e. The van der Waals surface area contributed by atoms with Gasteiger partial charge in [-0.15, -0.1) is 5.10 Å². The molecule has 0 saturated carbocycles. The average Bonchev–Trinajstić information content (AvgIpc) is 2.58. The highest BCUT2D eigenvalue weighted by Crippen LogP contribution is 2.22. The zero-order chi connectivity index (χ0) is 12.4. The maximum atomic E-state index is 6.18. The lowest BCUT2D eigenvalue weighted by atomic mass is 10.0. The van der Waals surface area contributed by atoms with Gasteiger partial charge in [-0.05, 0) is 40.0 Å².